The van der Waals surface area contributed by atoms with Crippen molar-refractivity contribution in [1.29, 1.82) is 0 Å². The molecule has 0 aliphatic carbocycles. The molecule has 0 saturated carbocycles. The van der Waals surface area contributed by atoms with Crippen molar-refractivity contribution >= 4 is 40.6 Å². The predicted molar refractivity (Wildman–Crippen MR) is 85.1 cm³/mol. The first-order chi connectivity index (χ1) is 10.6. The summed E-state index contributed by atoms with van der Waals surface area (Å²) in [6, 6.07) is 11.8. The van der Waals surface area contributed by atoms with E-state index in [0.717, 1.165) is 0 Å². The Labute approximate surface area is 137 Å². The van der Waals surface area contributed by atoms with Crippen LogP contribution in [0.4, 0.5) is 5.69 Å². The highest BCUT2D eigenvalue weighted by Crippen LogP contribution is 2.31. The number of carbonyl (C=O) groups is 2. The van der Waals surface area contributed by atoms with E-state index >= 15 is 0 Å². The third-order valence-electron chi connectivity index (χ3n) is 3.33. The van der Waals surface area contributed by atoms with Crippen LogP contribution in [0.2, 0.25) is 10.0 Å². The van der Waals surface area contributed by atoms with Crippen LogP contribution in [0, 0.1) is 0 Å². The Morgan fingerprint density at radius 1 is 0.955 bits per heavy atom. The average Bonchev–Trinajstić information content (AvgIpc) is 2.74. The van der Waals surface area contributed by atoms with E-state index in [-0.39, 0.29) is 13.2 Å². The highest BCUT2D eigenvalue weighted by molar-refractivity contribution is 6.52. The third kappa shape index (κ3) is 2.80. The van der Waals surface area contributed by atoms with Crippen LogP contribution < -0.4 is 9.64 Å². The lowest BCUT2D eigenvalue weighted by molar-refractivity contribution is -0.114. The number of hydrogen-bond acceptors (Lipinski definition) is 3. The zero-order chi connectivity index (χ0) is 15.7. The molecule has 112 valence electrons. The number of ether oxygens (including phenoxy) is 1. The molecule has 4 nitrogen and oxygen atoms in total. The highest BCUT2D eigenvalue weighted by Gasteiger charge is 2.35. The van der Waals surface area contributed by atoms with Gasteiger partial charge < -0.3 is 9.64 Å². The summed E-state index contributed by atoms with van der Waals surface area (Å²) >= 11 is 11.7. The number of ketones is 1. The van der Waals surface area contributed by atoms with Crippen LogP contribution in [0.5, 0.6) is 5.75 Å². The Morgan fingerprint density at radius 2 is 1.64 bits per heavy atom. The fourth-order valence-electron chi connectivity index (χ4n) is 2.28. The zero-order valence-corrected chi connectivity index (χ0v) is 12.9. The summed E-state index contributed by atoms with van der Waals surface area (Å²) in [7, 11) is 0. The largest absolute Gasteiger partial charge is 0.492 e. The van der Waals surface area contributed by atoms with E-state index in [4.69, 9.17) is 27.9 Å². The lowest BCUT2D eigenvalue weighted by atomic mass is 10.1. The van der Waals surface area contributed by atoms with Gasteiger partial charge in [0.25, 0.3) is 11.7 Å². The van der Waals surface area contributed by atoms with Gasteiger partial charge in [-0.1, -0.05) is 23.2 Å². The summed E-state index contributed by atoms with van der Waals surface area (Å²) in [4.78, 5) is 25.4. The van der Waals surface area contributed by atoms with Gasteiger partial charge in [-0.05, 0) is 42.5 Å². The SMILES string of the molecule is O=C1C(=O)N(CCOc2ccc(Cl)cc2)c2ccc(Cl)cc21. The van der Waals surface area contributed by atoms with Gasteiger partial charge in [-0.15, -0.1) is 0 Å². The van der Waals surface area contributed by atoms with Crippen molar-refractivity contribution < 1.29 is 14.3 Å². The maximum absolute atomic E-state index is 12.0. The van der Waals surface area contributed by atoms with Crippen LogP contribution in [-0.2, 0) is 4.79 Å². The molecule has 0 N–H and O–H groups in total. The molecule has 2 aromatic rings. The minimum Gasteiger partial charge on any atom is -0.492 e. The second-order valence-electron chi connectivity index (χ2n) is 4.75. The van der Waals surface area contributed by atoms with Gasteiger partial charge in [0.15, 0.2) is 0 Å². The molecule has 3 rings (SSSR count). The number of nitrogens with zero attached hydrogens (tertiary/aromatic N) is 1. The Hall–Kier alpha value is -2.04. The number of amides is 1. The van der Waals surface area contributed by atoms with Gasteiger partial charge in [0.1, 0.15) is 12.4 Å². The Bertz CT molecular complexity index is 744. The van der Waals surface area contributed by atoms with E-state index in [2.05, 4.69) is 0 Å². The molecular weight excluding hydrogens is 325 g/mol. The van der Waals surface area contributed by atoms with Crippen molar-refractivity contribution in [1.82, 2.24) is 0 Å². The van der Waals surface area contributed by atoms with Crippen molar-refractivity contribution in [3.05, 3.63) is 58.1 Å². The summed E-state index contributed by atoms with van der Waals surface area (Å²) in [6.07, 6.45) is 0. The first-order valence-corrected chi connectivity index (χ1v) is 7.36. The van der Waals surface area contributed by atoms with Crippen molar-refractivity contribution in [2.75, 3.05) is 18.1 Å². The Balaban J connectivity index is 1.69. The van der Waals surface area contributed by atoms with Gasteiger partial charge in [0.05, 0.1) is 17.8 Å². The van der Waals surface area contributed by atoms with Gasteiger partial charge in [-0.3, -0.25) is 9.59 Å². The molecule has 6 heteroatoms. The standard InChI is InChI=1S/C16H11Cl2NO3/c17-10-1-4-12(5-2-10)22-8-7-19-14-6-3-11(18)9-13(14)15(20)16(19)21/h1-6,9H,7-8H2. The first-order valence-electron chi connectivity index (χ1n) is 6.60. The van der Waals surface area contributed by atoms with Gasteiger partial charge in [0, 0.05) is 10.0 Å². The number of rotatable bonds is 4. The van der Waals surface area contributed by atoms with Crippen LogP contribution in [0.15, 0.2) is 42.5 Å². The summed E-state index contributed by atoms with van der Waals surface area (Å²) in [5.41, 5.74) is 0.906. The molecule has 0 fully saturated rings. The maximum atomic E-state index is 12.0. The van der Waals surface area contributed by atoms with E-state index in [0.29, 0.717) is 27.0 Å². The molecule has 1 aliphatic rings. The quantitative estimate of drug-likeness (QED) is 0.802. The highest BCUT2D eigenvalue weighted by atomic mass is 35.5. The van der Waals surface area contributed by atoms with Gasteiger partial charge in [-0.2, -0.15) is 0 Å². The van der Waals surface area contributed by atoms with E-state index in [9.17, 15) is 9.59 Å². The van der Waals surface area contributed by atoms with Crippen LogP contribution >= 0.6 is 23.2 Å². The number of halogens is 2. The lowest BCUT2D eigenvalue weighted by Gasteiger charge is -2.16. The Morgan fingerprint density at radius 3 is 2.36 bits per heavy atom. The summed E-state index contributed by atoms with van der Waals surface area (Å²) < 4.78 is 5.56. The molecule has 0 radical (unpaired) electrons. The third-order valence-corrected chi connectivity index (χ3v) is 3.82. The smallest absolute Gasteiger partial charge is 0.299 e. The van der Waals surface area contributed by atoms with Crippen LogP contribution in [0.25, 0.3) is 0 Å². The molecule has 0 unspecified atom stereocenters. The molecule has 0 aromatic heterocycles. The van der Waals surface area contributed by atoms with Crippen molar-refractivity contribution in [2.24, 2.45) is 0 Å². The second kappa shape index (κ2) is 5.99. The molecule has 0 atom stereocenters. The predicted octanol–water partition coefficient (Wildman–Crippen LogP) is 3.60. The monoisotopic (exact) mass is 335 g/mol. The number of carbonyl (C=O) groups excluding carboxylic acids is 2. The fourth-order valence-corrected chi connectivity index (χ4v) is 2.58. The first kappa shape index (κ1) is 14.9. The number of fused-ring (bicyclic) bond motifs is 1. The van der Waals surface area contributed by atoms with Crippen molar-refractivity contribution in [3.63, 3.8) is 0 Å². The number of anilines is 1. The summed E-state index contributed by atoms with van der Waals surface area (Å²) in [5.74, 6) is -0.445. The zero-order valence-electron chi connectivity index (χ0n) is 11.4. The number of benzene rings is 2. The van der Waals surface area contributed by atoms with Crippen LogP contribution in [0.1, 0.15) is 10.4 Å². The fraction of sp³-hybridized carbons (Fsp3) is 0.125. The second-order valence-corrected chi connectivity index (χ2v) is 5.62. The van der Waals surface area contributed by atoms with Crippen LogP contribution in [-0.4, -0.2) is 24.8 Å². The van der Waals surface area contributed by atoms with E-state index < -0.39 is 11.7 Å². The number of hydrogen-bond donors (Lipinski definition) is 0. The van der Waals surface area contributed by atoms with E-state index in [1.807, 2.05) is 0 Å². The number of Topliss-reactive ketones (excluding diaryl/α,β-unsaturated/α-hetero) is 1. The topological polar surface area (TPSA) is 46.6 Å². The Kier molecular flexibility index (Phi) is 4.05. The van der Waals surface area contributed by atoms with Crippen molar-refractivity contribution in [3.8, 4) is 5.75 Å². The summed E-state index contributed by atoms with van der Waals surface area (Å²) in [5, 5.41) is 1.05. The molecular formula is C16H11Cl2NO3. The molecule has 0 bridgehead atoms. The minimum atomic E-state index is -0.558. The lowest BCUT2D eigenvalue weighted by Crippen LogP contribution is -2.33. The van der Waals surface area contributed by atoms with Gasteiger partial charge >= 0.3 is 0 Å². The molecule has 0 saturated heterocycles. The van der Waals surface area contributed by atoms with E-state index in [1.165, 1.54) is 11.0 Å². The normalized spacial score (nSPS) is 13.5. The molecule has 2 aromatic carbocycles. The maximum Gasteiger partial charge on any atom is 0.299 e. The van der Waals surface area contributed by atoms with Crippen LogP contribution in [0.3, 0.4) is 0 Å². The van der Waals surface area contributed by atoms with Crippen molar-refractivity contribution in [2.45, 2.75) is 0 Å². The average molecular weight is 336 g/mol. The van der Waals surface area contributed by atoms with Gasteiger partial charge in [-0.25, -0.2) is 0 Å². The molecule has 1 heterocycles. The molecule has 1 amide bonds. The molecule has 0 spiro atoms. The van der Waals surface area contributed by atoms with Gasteiger partial charge in [0.2, 0.25) is 0 Å². The minimum absolute atomic E-state index is 0.267. The summed E-state index contributed by atoms with van der Waals surface area (Å²) in [6.45, 7) is 0.546. The molecule has 1 aliphatic heterocycles. The van der Waals surface area contributed by atoms with E-state index in [1.54, 1.807) is 36.4 Å². The molecule has 22 heavy (non-hydrogen) atoms.